The van der Waals surface area contributed by atoms with Crippen molar-refractivity contribution < 1.29 is 14.3 Å². The van der Waals surface area contributed by atoms with Crippen molar-refractivity contribution in [1.82, 2.24) is 19.9 Å². The second kappa shape index (κ2) is 11.5. The first-order chi connectivity index (χ1) is 20.6. The molecular weight excluding hydrogens is 528 g/mol. The van der Waals surface area contributed by atoms with Crippen molar-refractivity contribution in [2.75, 3.05) is 14.2 Å². The summed E-state index contributed by atoms with van der Waals surface area (Å²) in [6.45, 7) is 0.585. The van der Waals surface area contributed by atoms with Gasteiger partial charge in [-0.05, 0) is 47.3 Å². The highest BCUT2D eigenvalue weighted by atomic mass is 16.5. The molecule has 42 heavy (non-hydrogen) atoms. The summed E-state index contributed by atoms with van der Waals surface area (Å²) in [7, 11) is 3.24. The second-order valence-corrected chi connectivity index (χ2v) is 9.82. The highest BCUT2D eigenvalue weighted by Crippen LogP contribution is 2.39. The normalized spacial score (nSPS) is 11.0. The van der Waals surface area contributed by atoms with E-state index in [-0.39, 0.29) is 18.0 Å². The summed E-state index contributed by atoms with van der Waals surface area (Å²) < 4.78 is 13.0. The number of fused-ring (bicyclic) bond motifs is 2. The van der Waals surface area contributed by atoms with E-state index in [0.29, 0.717) is 34.8 Å². The Labute approximate surface area is 242 Å². The summed E-state index contributed by atoms with van der Waals surface area (Å²) in [6.07, 6.45) is 4.92. The maximum atomic E-state index is 13.7. The van der Waals surface area contributed by atoms with E-state index < -0.39 is 0 Å². The number of carbonyl (C=O) groups is 1. The lowest BCUT2D eigenvalue weighted by Gasteiger charge is -2.17. The molecule has 8 nitrogen and oxygen atoms in total. The average molecular weight is 557 g/mol. The third-order valence-corrected chi connectivity index (χ3v) is 7.28. The fraction of sp³-hybridized carbons (Fsp3) is 0.118. The Morgan fingerprint density at radius 2 is 1.74 bits per heavy atom. The van der Waals surface area contributed by atoms with E-state index in [4.69, 9.17) is 9.47 Å². The van der Waals surface area contributed by atoms with E-state index in [2.05, 4.69) is 15.3 Å². The summed E-state index contributed by atoms with van der Waals surface area (Å²) in [6, 6.07) is 26.5. The Bertz CT molecular complexity index is 1970. The van der Waals surface area contributed by atoms with Gasteiger partial charge in [-0.1, -0.05) is 36.4 Å². The molecule has 0 aliphatic carbocycles. The van der Waals surface area contributed by atoms with Gasteiger partial charge in [0.15, 0.2) is 0 Å². The molecule has 0 radical (unpaired) electrons. The smallest absolute Gasteiger partial charge is 0.253 e. The molecule has 0 fully saturated rings. The van der Waals surface area contributed by atoms with E-state index in [1.54, 1.807) is 49.4 Å². The Morgan fingerprint density at radius 1 is 0.857 bits per heavy atom. The van der Waals surface area contributed by atoms with Gasteiger partial charge in [-0.15, -0.1) is 0 Å². The number of amides is 1. The summed E-state index contributed by atoms with van der Waals surface area (Å²) in [5.74, 6) is 1.10. The first kappa shape index (κ1) is 26.7. The number of carbonyl (C=O) groups excluding carboxylic acids is 1. The Kier molecular flexibility index (Phi) is 7.34. The van der Waals surface area contributed by atoms with Crippen LogP contribution >= 0.6 is 0 Å². The van der Waals surface area contributed by atoms with E-state index in [0.717, 1.165) is 32.8 Å². The molecule has 0 unspecified atom stereocenters. The van der Waals surface area contributed by atoms with E-state index in [1.807, 2.05) is 66.7 Å². The third kappa shape index (κ3) is 5.17. The van der Waals surface area contributed by atoms with Crippen LogP contribution in [0.5, 0.6) is 11.5 Å². The summed E-state index contributed by atoms with van der Waals surface area (Å²) in [4.78, 5) is 34.9. The second-order valence-electron chi connectivity index (χ2n) is 9.82. The molecule has 6 rings (SSSR count). The number of nitrogens with one attached hydrogen (secondary N) is 1. The Morgan fingerprint density at radius 3 is 2.50 bits per heavy atom. The van der Waals surface area contributed by atoms with Gasteiger partial charge in [0.1, 0.15) is 11.5 Å². The molecule has 0 saturated carbocycles. The monoisotopic (exact) mass is 556 g/mol. The van der Waals surface area contributed by atoms with Crippen LogP contribution in [-0.4, -0.2) is 34.7 Å². The topological polar surface area (TPSA) is 95.3 Å². The third-order valence-electron chi connectivity index (χ3n) is 7.28. The summed E-state index contributed by atoms with van der Waals surface area (Å²) >= 11 is 0. The summed E-state index contributed by atoms with van der Waals surface area (Å²) in [5, 5.41) is 5.77. The molecule has 0 aliphatic heterocycles. The molecule has 0 atom stereocenters. The van der Waals surface area contributed by atoms with Gasteiger partial charge in [0, 0.05) is 59.2 Å². The molecule has 3 heterocycles. The van der Waals surface area contributed by atoms with Crippen molar-refractivity contribution in [2.45, 2.75) is 13.1 Å². The van der Waals surface area contributed by atoms with Gasteiger partial charge in [0.25, 0.3) is 11.5 Å². The van der Waals surface area contributed by atoms with Crippen LogP contribution in [0.25, 0.3) is 32.8 Å². The lowest BCUT2D eigenvalue weighted by Crippen LogP contribution is -2.23. The lowest BCUT2D eigenvalue weighted by atomic mass is 9.96. The van der Waals surface area contributed by atoms with Crippen LogP contribution in [0.4, 0.5) is 0 Å². The van der Waals surface area contributed by atoms with E-state index in [9.17, 15) is 9.59 Å². The SMILES string of the molecule is COc1ccc2c(-c3ccc4ccccc4c3OC)cc(=O)n(Cc3ccc(C(=O)NCc4cccnc4)cn3)c2c1. The lowest BCUT2D eigenvalue weighted by molar-refractivity contribution is 0.0950. The molecule has 0 aliphatic rings. The zero-order chi connectivity index (χ0) is 29.1. The van der Waals surface area contributed by atoms with Gasteiger partial charge in [-0.3, -0.25) is 19.6 Å². The van der Waals surface area contributed by atoms with Crippen LogP contribution in [0.3, 0.4) is 0 Å². The molecule has 1 amide bonds. The largest absolute Gasteiger partial charge is 0.497 e. The van der Waals surface area contributed by atoms with Crippen molar-refractivity contribution in [3.63, 3.8) is 0 Å². The van der Waals surface area contributed by atoms with Crippen LogP contribution in [0.2, 0.25) is 0 Å². The van der Waals surface area contributed by atoms with Crippen molar-refractivity contribution in [3.05, 3.63) is 131 Å². The van der Waals surface area contributed by atoms with Gasteiger partial charge in [0.05, 0.1) is 37.5 Å². The first-order valence-corrected chi connectivity index (χ1v) is 13.5. The Hall–Kier alpha value is -5.50. The Balaban J connectivity index is 1.36. The number of hydrogen-bond donors (Lipinski definition) is 1. The van der Waals surface area contributed by atoms with Crippen molar-refractivity contribution >= 4 is 27.6 Å². The van der Waals surface area contributed by atoms with Gasteiger partial charge < -0.3 is 19.4 Å². The number of pyridine rings is 3. The fourth-order valence-corrected chi connectivity index (χ4v) is 5.15. The molecule has 3 aromatic carbocycles. The molecule has 3 aromatic heterocycles. The number of nitrogens with zero attached hydrogens (tertiary/aromatic N) is 3. The molecule has 208 valence electrons. The quantitative estimate of drug-likeness (QED) is 0.262. The number of hydrogen-bond acceptors (Lipinski definition) is 6. The minimum Gasteiger partial charge on any atom is -0.497 e. The molecule has 0 bridgehead atoms. The van der Waals surface area contributed by atoms with Gasteiger partial charge in [0.2, 0.25) is 0 Å². The summed E-state index contributed by atoms with van der Waals surface area (Å²) in [5.41, 5.74) is 4.08. The molecule has 0 spiro atoms. The molecular formula is C34H28N4O4. The number of benzene rings is 3. The van der Waals surface area contributed by atoms with Gasteiger partial charge in [-0.2, -0.15) is 0 Å². The predicted molar refractivity (Wildman–Crippen MR) is 163 cm³/mol. The highest BCUT2D eigenvalue weighted by molar-refractivity contribution is 6.02. The molecule has 1 N–H and O–H groups in total. The van der Waals surface area contributed by atoms with Crippen LogP contribution in [0, 0.1) is 0 Å². The number of aromatic nitrogens is 3. The van der Waals surface area contributed by atoms with Crippen LogP contribution in [0.1, 0.15) is 21.6 Å². The molecule has 6 aromatic rings. The minimum absolute atomic E-state index is 0.193. The van der Waals surface area contributed by atoms with E-state index >= 15 is 0 Å². The zero-order valence-electron chi connectivity index (χ0n) is 23.2. The van der Waals surface area contributed by atoms with Crippen LogP contribution < -0.4 is 20.3 Å². The van der Waals surface area contributed by atoms with Gasteiger partial charge in [-0.25, -0.2) is 0 Å². The maximum absolute atomic E-state index is 13.7. The molecule has 8 heteroatoms. The van der Waals surface area contributed by atoms with Crippen LogP contribution in [-0.2, 0) is 13.1 Å². The number of ether oxygens (including phenoxy) is 2. The maximum Gasteiger partial charge on any atom is 0.253 e. The number of rotatable bonds is 8. The number of methoxy groups -OCH3 is 2. The van der Waals surface area contributed by atoms with Crippen molar-refractivity contribution in [3.8, 4) is 22.6 Å². The van der Waals surface area contributed by atoms with E-state index in [1.165, 1.54) is 6.20 Å². The van der Waals surface area contributed by atoms with Gasteiger partial charge >= 0.3 is 0 Å². The average Bonchev–Trinajstić information content (AvgIpc) is 3.04. The van der Waals surface area contributed by atoms with Crippen molar-refractivity contribution in [1.29, 1.82) is 0 Å². The minimum atomic E-state index is -0.237. The highest BCUT2D eigenvalue weighted by Gasteiger charge is 2.17. The first-order valence-electron chi connectivity index (χ1n) is 13.5. The predicted octanol–water partition coefficient (Wildman–Crippen LogP) is 5.61. The zero-order valence-corrected chi connectivity index (χ0v) is 23.2. The molecule has 0 saturated heterocycles. The van der Waals surface area contributed by atoms with Crippen molar-refractivity contribution in [2.24, 2.45) is 0 Å². The van der Waals surface area contributed by atoms with Crippen LogP contribution in [0.15, 0.2) is 108 Å². The standard InChI is InChI=1S/C34H28N4O4/c1-41-26-12-14-28-30(29-13-10-23-7-3-4-8-27(23)33(29)42-2)17-32(39)38(31(28)16-26)21-25-11-9-24(20-36-25)34(40)37-19-22-6-5-15-35-18-22/h3-18,20H,19,21H2,1-2H3,(H,37,40). The fourth-order valence-electron chi connectivity index (χ4n) is 5.15.